The van der Waals surface area contributed by atoms with E-state index in [1.54, 1.807) is 0 Å². The maximum atomic E-state index is 12.0. The van der Waals surface area contributed by atoms with E-state index < -0.39 is 6.10 Å². The third-order valence-electron chi connectivity index (χ3n) is 5.29. The lowest BCUT2D eigenvalue weighted by Crippen LogP contribution is -2.16. The molecule has 0 amide bonds. The lowest BCUT2D eigenvalue weighted by molar-refractivity contribution is -0.146. The van der Waals surface area contributed by atoms with Gasteiger partial charge in [0, 0.05) is 6.42 Å². The zero-order valence-electron chi connectivity index (χ0n) is 19.8. The Morgan fingerprint density at radius 3 is 1.90 bits per heavy atom. The van der Waals surface area contributed by atoms with Crippen molar-refractivity contribution in [2.45, 2.75) is 136 Å². The summed E-state index contributed by atoms with van der Waals surface area (Å²) in [6, 6.07) is 0. The minimum atomic E-state index is -0.433. The van der Waals surface area contributed by atoms with Gasteiger partial charge < -0.3 is 4.74 Å². The molecule has 3 nitrogen and oxygen atoms in total. The molecule has 172 valence electrons. The highest BCUT2D eigenvalue weighted by Gasteiger charge is 2.11. The van der Waals surface area contributed by atoms with E-state index in [1.807, 2.05) is 0 Å². The highest BCUT2D eigenvalue weighted by molar-refractivity contribution is 5.73. The zero-order chi connectivity index (χ0) is 22.1. The fourth-order valence-corrected chi connectivity index (χ4v) is 3.42. The lowest BCUT2D eigenvalue weighted by Gasteiger charge is -2.12. The summed E-state index contributed by atoms with van der Waals surface area (Å²) in [5.74, 6) is 4.95. The molecule has 0 saturated carbocycles. The summed E-state index contributed by atoms with van der Waals surface area (Å²) >= 11 is 0. The van der Waals surface area contributed by atoms with Gasteiger partial charge in [-0.25, -0.2) is 0 Å². The molecule has 0 radical (unpaired) electrons. The molecular formula is C27H46O3. The maximum absolute atomic E-state index is 12.0. The van der Waals surface area contributed by atoms with Gasteiger partial charge in [0.2, 0.25) is 0 Å². The van der Waals surface area contributed by atoms with Crippen molar-refractivity contribution in [1.29, 1.82) is 0 Å². The molecule has 1 atom stereocenters. The molecule has 0 fully saturated rings. The first-order valence-electron chi connectivity index (χ1n) is 12.5. The second kappa shape index (κ2) is 23.7. The number of aldehydes is 1. The fourth-order valence-electron chi connectivity index (χ4n) is 3.42. The average molecular weight is 419 g/mol. The molecule has 0 aliphatic rings. The van der Waals surface area contributed by atoms with Crippen molar-refractivity contribution in [3.8, 4) is 11.8 Å². The van der Waals surface area contributed by atoms with Crippen LogP contribution in [-0.4, -0.2) is 18.4 Å². The normalized spacial score (nSPS) is 11.8. The smallest absolute Gasteiger partial charge is 0.307 e. The predicted octanol–water partition coefficient (Wildman–Crippen LogP) is 7.72. The zero-order valence-corrected chi connectivity index (χ0v) is 19.8. The Bertz CT molecular complexity index is 484. The monoisotopic (exact) mass is 418 g/mol. The van der Waals surface area contributed by atoms with Crippen LogP contribution >= 0.6 is 0 Å². The number of carbonyl (C=O) groups excluding carboxylic acids is 2. The highest BCUT2D eigenvalue weighted by Crippen LogP contribution is 2.12. The van der Waals surface area contributed by atoms with Crippen molar-refractivity contribution < 1.29 is 14.3 Å². The molecule has 0 N–H and O–H groups in total. The lowest BCUT2D eigenvalue weighted by atomic mass is 10.1. The number of ether oxygens (including phenoxy) is 1. The van der Waals surface area contributed by atoms with E-state index in [-0.39, 0.29) is 5.97 Å². The van der Waals surface area contributed by atoms with Crippen molar-refractivity contribution >= 4 is 12.3 Å². The molecule has 0 aromatic rings. The van der Waals surface area contributed by atoms with Crippen LogP contribution in [0.2, 0.25) is 0 Å². The van der Waals surface area contributed by atoms with Crippen LogP contribution in [0.4, 0.5) is 0 Å². The molecule has 0 aromatic heterocycles. The second-order valence-corrected chi connectivity index (χ2v) is 8.22. The largest absolute Gasteiger partial charge is 0.449 e. The molecule has 0 bridgehead atoms. The number of allylic oxidation sites excluding steroid dienone is 2. The summed E-state index contributed by atoms with van der Waals surface area (Å²) in [5.41, 5.74) is 0. The third-order valence-corrected chi connectivity index (χ3v) is 5.29. The quantitative estimate of drug-likeness (QED) is 0.0668. The number of esters is 1. The summed E-state index contributed by atoms with van der Waals surface area (Å²) in [4.78, 5) is 22.4. The molecular weight excluding hydrogens is 372 g/mol. The van der Waals surface area contributed by atoms with Crippen LogP contribution in [0.1, 0.15) is 129 Å². The molecule has 3 heteroatoms. The van der Waals surface area contributed by atoms with Crippen molar-refractivity contribution in [1.82, 2.24) is 0 Å². The Balaban J connectivity index is 3.60. The van der Waals surface area contributed by atoms with Gasteiger partial charge in [0.05, 0.1) is 0 Å². The van der Waals surface area contributed by atoms with Gasteiger partial charge >= 0.3 is 5.97 Å². The van der Waals surface area contributed by atoms with Crippen LogP contribution in [0.25, 0.3) is 0 Å². The SMILES string of the molecule is CCCCCCCC/C=C\CCCCCCCC(=O)OC(C#CC=O)CCCCC. The van der Waals surface area contributed by atoms with Crippen LogP contribution < -0.4 is 0 Å². The summed E-state index contributed by atoms with van der Waals surface area (Å²) < 4.78 is 5.44. The fraction of sp³-hybridized carbons (Fsp3) is 0.778. The standard InChI is InChI=1S/C27H46O3/c1-3-5-7-8-9-10-11-12-13-14-15-16-17-18-20-24-27(29)30-26(23-21-25-28)22-19-6-4-2/h12-13,25-26H,3-11,14-20,22,24H2,1-2H3/b13-12-. The van der Waals surface area contributed by atoms with Gasteiger partial charge in [0.1, 0.15) is 0 Å². The van der Waals surface area contributed by atoms with E-state index in [9.17, 15) is 9.59 Å². The molecule has 0 heterocycles. The molecule has 0 rings (SSSR count). The Morgan fingerprint density at radius 1 is 0.767 bits per heavy atom. The summed E-state index contributed by atoms with van der Waals surface area (Å²) in [6.45, 7) is 4.39. The van der Waals surface area contributed by atoms with Crippen LogP contribution in [0.5, 0.6) is 0 Å². The number of hydrogen-bond acceptors (Lipinski definition) is 3. The van der Waals surface area contributed by atoms with E-state index in [0.29, 0.717) is 19.1 Å². The van der Waals surface area contributed by atoms with Crippen LogP contribution in [0, 0.1) is 11.8 Å². The molecule has 0 aliphatic carbocycles. The van der Waals surface area contributed by atoms with E-state index >= 15 is 0 Å². The number of rotatable bonds is 20. The molecule has 0 spiro atoms. The van der Waals surface area contributed by atoms with Crippen molar-refractivity contribution in [3.63, 3.8) is 0 Å². The first-order valence-corrected chi connectivity index (χ1v) is 12.5. The number of carbonyl (C=O) groups is 2. The van der Waals surface area contributed by atoms with Crippen LogP contribution in [0.3, 0.4) is 0 Å². The van der Waals surface area contributed by atoms with Gasteiger partial charge in [0.25, 0.3) is 0 Å². The first-order chi connectivity index (χ1) is 14.7. The van der Waals surface area contributed by atoms with E-state index in [2.05, 4.69) is 37.8 Å². The summed E-state index contributed by atoms with van der Waals surface area (Å²) in [6.07, 6.45) is 25.3. The number of hydrogen-bond donors (Lipinski definition) is 0. The molecule has 0 aromatic carbocycles. The van der Waals surface area contributed by atoms with Crippen LogP contribution in [0.15, 0.2) is 12.2 Å². The molecule has 30 heavy (non-hydrogen) atoms. The van der Waals surface area contributed by atoms with Gasteiger partial charge in [-0.1, -0.05) is 96.1 Å². The third kappa shape index (κ3) is 21.2. The highest BCUT2D eigenvalue weighted by atomic mass is 16.5. The average Bonchev–Trinajstić information content (AvgIpc) is 2.74. The molecule has 0 aliphatic heterocycles. The Labute approximate surface area is 186 Å². The molecule has 0 saturated heterocycles. The Kier molecular flexibility index (Phi) is 22.5. The van der Waals surface area contributed by atoms with Crippen molar-refractivity contribution in [2.75, 3.05) is 0 Å². The van der Waals surface area contributed by atoms with E-state index in [0.717, 1.165) is 32.1 Å². The minimum absolute atomic E-state index is 0.186. The van der Waals surface area contributed by atoms with E-state index in [1.165, 1.54) is 70.6 Å². The van der Waals surface area contributed by atoms with Crippen molar-refractivity contribution in [2.24, 2.45) is 0 Å². The first kappa shape index (κ1) is 28.4. The van der Waals surface area contributed by atoms with Gasteiger partial charge in [-0.15, -0.1) is 0 Å². The van der Waals surface area contributed by atoms with Gasteiger partial charge in [-0.05, 0) is 50.9 Å². The van der Waals surface area contributed by atoms with Gasteiger partial charge in [-0.3, -0.25) is 9.59 Å². The van der Waals surface area contributed by atoms with E-state index in [4.69, 9.17) is 4.74 Å². The van der Waals surface area contributed by atoms with Gasteiger partial charge in [0.15, 0.2) is 12.4 Å². The number of unbranched alkanes of at least 4 members (excludes halogenated alkanes) is 13. The predicted molar refractivity (Wildman–Crippen MR) is 127 cm³/mol. The Morgan fingerprint density at radius 2 is 1.30 bits per heavy atom. The van der Waals surface area contributed by atoms with Crippen molar-refractivity contribution in [3.05, 3.63) is 12.2 Å². The Hall–Kier alpha value is -1.56. The summed E-state index contributed by atoms with van der Waals surface area (Å²) in [7, 11) is 0. The minimum Gasteiger partial charge on any atom is -0.449 e. The maximum Gasteiger partial charge on any atom is 0.307 e. The van der Waals surface area contributed by atoms with Gasteiger partial charge in [-0.2, -0.15) is 0 Å². The summed E-state index contributed by atoms with van der Waals surface area (Å²) in [5, 5.41) is 0. The second-order valence-electron chi connectivity index (χ2n) is 8.22. The topological polar surface area (TPSA) is 43.4 Å². The molecule has 1 unspecified atom stereocenters. The van der Waals surface area contributed by atoms with Crippen LogP contribution in [-0.2, 0) is 14.3 Å².